The van der Waals surface area contributed by atoms with Gasteiger partial charge in [0.05, 0.1) is 22.8 Å². The fraction of sp³-hybridized carbons (Fsp3) is 0.214. The molecule has 2 atom stereocenters. The van der Waals surface area contributed by atoms with E-state index in [1.165, 1.54) is 24.3 Å². The minimum absolute atomic E-state index is 0.147. The molecule has 6 aromatic rings. The quantitative estimate of drug-likeness (QED) is 0.0765. The molecule has 19 heteroatoms. The van der Waals surface area contributed by atoms with E-state index in [1.54, 1.807) is 71.8 Å². The molecule has 2 aromatic heterocycles. The summed E-state index contributed by atoms with van der Waals surface area (Å²) >= 11 is 6.67. The molecule has 0 spiro atoms. The highest BCUT2D eigenvalue weighted by molar-refractivity contribution is 9.10. The highest BCUT2D eigenvalue weighted by Crippen LogP contribution is 2.32. The van der Waals surface area contributed by atoms with E-state index in [1.807, 2.05) is 13.8 Å². The number of halogens is 8. The molecule has 0 saturated carbocycles. The van der Waals surface area contributed by atoms with Crippen molar-refractivity contribution in [1.29, 1.82) is 0 Å². The molecule has 0 aliphatic heterocycles. The van der Waals surface area contributed by atoms with E-state index < -0.39 is 54.0 Å². The number of nitrogens with zero attached hydrogens (tertiary/aromatic N) is 4. The SMILES string of the molecule is CC(=O)OC(C(=O)c1cc(Br)ccc1-n1cc(C)nc1C)c1ccc(OC(F)(F)F)cc1.Cc1cn(-c2ccc(Br)cc2C(=O)C(O)c2ccc(OC(F)(F)F)cc2)c(C)n1. The molecule has 0 radical (unpaired) electrons. The molecule has 0 bridgehead atoms. The zero-order valence-electron chi connectivity index (χ0n) is 32.6. The average Bonchev–Trinajstić information content (AvgIpc) is 3.69. The molecule has 0 fully saturated rings. The zero-order chi connectivity index (χ0) is 45.0. The van der Waals surface area contributed by atoms with Gasteiger partial charge in [-0.3, -0.25) is 14.4 Å². The first-order chi connectivity index (χ1) is 28.5. The summed E-state index contributed by atoms with van der Waals surface area (Å²) < 4.78 is 91.9. The van der Waals surface area contributed by atoms with Gasteiger partial charge < -0.3 is 28.5 Å². The molecule has 0 aliphatic carbocycles. The number of esters is 1. The fourth-order valence-corrected chi connectivity index (χ4v) is 6.85. The summed E-state index contributed by atoms with van der Waals surface area (Å²) in [6.45, 7) is 8.36. The standard InChI is InChI=1S/C22H18BrF3N2O4.C20H16BrF3N2O3/c1-12-11-28(13(2)27-12)19-9-6-16(23)10-18(19)20(30)21(31-14(3)29)15-4-7-17(8-5-15)32-22(24,25)26;1-11-10-26(12(2)25-11)17-8-5-14(21)9-16(17)19(28)18(27)13-3-6-15(7-4-13)29-20(22,23)24/h4-11,21H,1-3H3;3-10,18,27H,1-2H3. The number of aliphatic hydroxyl groups is 1. The van der Waals surface area contributed by atoms with Gasteiger partial charge in [0.15, 0.2) is 11.9 Å². The Labute approximate surface area is 361 Å². The summed E-state index contributed by atoms with van der Waals surface area (Å²) in [6, 6.07) is 19.2. The van der Waals surface area contributed by atoms with Gasteiger partial charge in [-0.25, -0.2) is 9.97 Å². The van der Waals surface area contributed by atoms with E-state index >= 15 is 0 Å². The molecule has 4 aromatic carbocycles. The molecule has 11 nitrogen and oxygen atoms in total. The number of aryl methyl sites for hydroxylation is 4. The number of carbonyl (C=O) groups excluding carboxylic acids is 3. The number of hydrogen-bond donors (Lipinski definition) is 1. The maximum atomic E-state index is 13.5. The Morgan fingerprint density at radius 3 is 1.38 bits per heavy atom. The molecule has 0 aliphatic rings. The Bertz CT molecular complexity index is 2560. The van der Waals surface area contributed by atoms with Crippen molar-refractivity contribution in [3.8, 4) is 22.9 Å². The number of benzene rings is 4. The van der Waals surface area contributed by atoms with Crippen molar-refractivity contribution in [3.63, 3.8) is 0 Å². The van der Waals surface area contributed by atoms with Crippen LogP contribution < -0.4 is 9.47 Å². The van der Waals surface area contributed by atoms with E-state index in [4.69, 9.17) is 4.74 Å². The molecular formula is C42H34Br2F6N4O7. The van der Waals surface area contributed by atoms with Crippen molar-refractivity contribution in [3.05, 3.63) is 152 Å². The minimum Gasteiger partial charge on any atom is -0.449 e. The number of imidazole rings is 2. The maximum absolute atomic E-state index is 13.5. The van der Waals surface area contributed by atoms with Gasteiger partial charge in [-0.2, -0.15) is 0 Å². The lowest BCUT2D eigenvalue weighted by Crippen LogP contribution is -2.21. The number of Topliss-reactive ketones (excluding diaryl/α,β-unsaturated/α-hetero) is 2. The van der Waals surface area contributed by atoms with Crippen LogP contribution in [-0.2, 0) is 9.53 Å². The van der Waals surface area contributed by atoms with Gasteiger partial charge in [0.25, 0.3) is 0 Å². The normalized spacial score (nSPS) is 12.5. The number of rotatable bonds is 11. The smallest absolute Gasteiger partial charge is 0.449 e. The molecule has 6 rings (SSSR count). The second-order valence-corrected chi connectivity index (χ2v) is 15.1. The second-order valence-electron chi connectivity index (χ2n) is 13.3. The van der Waals surface area contributed by atoms with Crippen LogP contribution in [0.2, 0.25) is 0 Å². The molecule has 2 heterocycles. The summed E-state index contributed by atoms with van der Waals surface area (Å²) in [7, 11) is 0. The molecule has 0 amide bonds. The van der Waals surface area contributed by atoms with E-state index in [0.717, 1.165) is 42.6 Å². The number of aliphatic hydroxyl groups excluding tert-OH is 1. The van der Waals surface area contributed by atoms with Crippen molar-refractivity contribution >= 4 is 49.4 Å². The van der Waals surface area contributed by atoms with Crippen molar-refractivity contribution < 1.29 is 60.0 Å². The van der Waals surface area contributed by atoms with Crippen LogP contribution >= 0.6 is 31.9 Å². The first-order valence-electron chi connectivity index (χ1n) is 17.8. The van der Waals surface area contributed by atoms with Gasteiger partial charge in [-0.15, -0.1) is 26.3 Å². The fourth-order valence-electron chi connectivity index (χ4n) is 6.13. The number of alkyl halides is 6. The predicted molar refractivity (Wildman–Crippen MR) is 216 cm³/mol. The average molecular weight is 981 g/mol. The van der Waals surface area contributed by atoms with Crippen molar-refractivity contribution in [2.75, 3.05) is 0 Å². The largest absolute Gasteiger partial charge is 0.573 e. The van der Waals surface area contributed by atoms with Crippen molar-refractivity contribution in [2.24, 2.45) is 0 Å². The molecule has 61 heavy (non-hydrogen) atoms. The molecular weight excluding hydrogens is 946 g/mol. The van der Waals surface area contributed by atoms with Gasteiger partial charge in [0.1, 0.15) is 29.3 Å². The Kier molecular flexibility index (Phi) is 14.3. The number of ketones is 2. The van der Waals surface area contributed by atoms with E-state index in [-0.39, 0.29) is 22.3 Å². The summed E-state index contributed by atoms with van der Waals surface area (Å²) in [6.07, 6.45) is -9.07. The molecule has 0 saturated heterocycles. The Hall–Kier alpha value is -5.79. The molecule has 2 unspecified atom stereocenters. The Morgan fingerprint density at radius 1 is 0.623 bits per heavy atom. The van der Waals surface area contributed by atoms with Crippen LogP contribution in [0.25, 0.3) is 11.4 Å². The lowest BCUT2D eigenvalue weighted by molar-refractivity contribution is -0.275. The van der Waals surface area contributed by atoms with E-state index in [2.05, 4.69) is 51.3 Å². The number of hydrogen-bond acceptors (Lipinski definition) is 9. The first kappa shape index (κ1) is 46.3. The van der Waals surface area contributed by atoms with Crippen LogP contribution in [0, 0.1) is 27.7 Å². The van der Waals surface area contributed by atoms with Gasteiger partial charge in [0, 0.05) is 45.0 Å². The first-order valence-corrected chi connectivity index (χ1v) is 19.4. The third-order valence-corrected chi connectivity index (χ3v) is 9.58. The third-order valence-electron chi connectivity index (χ3n) is 8.59. The van der Waals surface area contributed by atoms with Crippen LogP contribution in [0.15, 0.2) is 106 Å². The van der Waals surface area contributed by atoms with Gasteiger partial charge >= 0.3 is 18.7 Å². The van der Waals surface area contributed by atoms with Gasteiger partial charge in [-0.05, 0) is 93.9 Å². The van der Waals surface area contributed by atoms with Crippen LogP contribution in [-0.4, -0.2) is 54.5 Å². The maximum Gasteiger partial charge on any atom is 0.573 e. The van der Waals surface area contributed by atoms with Crippen LogP contribution in [0.3, 0.4) is 0 Å². The molecule has 320 valence electrons. The Morgan fingerprint density at radius 2 is 1.02 bits per heavy atom. The Balaban J connectivity index is 0.000000232. The number of carbonyl (C=O) groups is 3. The van der Waals surface area contributed by atoms with Crippen molar-refractivity contribution in [1.82, 2.24) is 19.1 Å². The monoisotopic (exact) mass is 978 g/mol. The van der Waals surface area contributed by atoms with Gasteiger partial charge in [-0.1, -0.05) is 56.1 Å². The minimum atomic E-state index is -4.85. The van der Waals surface area contributed by atoms with E-state index in [9.17, 15) is 45.8 Å². The third kappa shape index (κ3) is 12.2. The van der Waals surface area contributed by atoms with E-state index in [0.29, 0.717) is 32.0 Å². The zero-order valence-corrected chi connectivity index (χ0v) is 35.8. The second kappa shape index (κ2) is 18.9. The van der Waals surface area contributed by atoms with Crippen molar-refractivity contribution in [2.45, 2.75) is 59.6 Å². The molecule has 1 N–H and O–H groups in total. The van der Waals surface area contributed by atoms with Crippen LogP contribution in [0.4, 0.5) is 26.3 Å². The topological polar surface area (TPSA) is 135 Å². The summed E-state index contributed by atoms with van der Waals surface area (Å²) in [5, 5.41) is 10.5. The summed E-state index contributed by atoms with van der Waals surface area (Å²) in [4.78, 5) is 46.9. The predicted octanol–water partition coefficient (Wildman–Crippen LogP) is 10.7. The summed E-state index contributed by atoms with van der Waals surface area (Å²) in [5.41, 5.74) is 3.39. The lowest BCUT2D eigenvalue weighted by atomic mass is 9.98. The highest BCUT2D eigenvalue weighted by Gasteiger charge is 2.33. The lowest BCUT2D eigenvalue weighted by Gasteiger charge is -2.19. The van der Waals surface area contributed by atoms with Crippen LogP contribution in [0.5, 0.6) is 11.5 Å². The summed E-state index contributed by atoms with van der Waals surface area (Å²) in [5.74, 6) is -1.44. The van der Waals surface area contributed by atoms with Crippen LogP contribution in [0.1, 0.15) is 74.0 Å². The van der Waals surface area contributed by atoms with Gasteiger partial charge in [0.2, 0.25) is 5.78 Å². The highest BCUT2D eigenvalue weighted by atomic mass is 79.9. The number of aromatic nitrogens is 4. The number of ether oxygens (including phenoxy) is 3.